The SMILES string of the molecule is COc1ccc(-c2c(NC(C)=O)ccc([Si](C)(C)C)c2NC(=O)Cc2cc(=O)[nH]o2)cc1. The average Bonchev–Trinajstić information content (AvgIpc) is 3.11. The van der Waals surface area contributed by atoms with E-state index in [1.54, 1.807) is 7.11 Å². The number of carbonyl (C=O) groups excluding carboxylic acids is 2. The fraction of sp³-hybridized carbons (Fsp3) is 0.261. The molecule has 32 heavy (non-hydrogen) atoms. The van der Waals surface area contributed by atoms with Gasteiger partial charge in [-0.1, -0.05) is 37.8 Å². The van der Waals surface area contributed by atoms with Crippen LogP contribution >= 0.6 is 0 Å². The van der Waals surface area contributed by atoms with Crippen molar-refractivity contribution < 1.29 is 18.8 Å². The van der Waals surface area contributed by atoms with E-state index in [4.69, 9.17) is 9.26 Å². The number of hydrogen-bond donors (Lipinski definition) is 3. The zero-order valence-electron chi connectivity index (χ0n) is 18.8. The Morgan fingerprint density at radius 2 is 1.75 bits per heavy atom. The number of hydrogen-bond acceptors (Lipinski definition) is 5. The molecule has 0 fully saturated rings. The molecule has 2 amide bonds. The number of aromatic nitrogens is 1. The maximum absolute atomic E-state index is 12.9. The van der Waals surface area contributed by atoms with Gasteiger partial charge in [-0.15, -0.1) is 0 Å². The highest BCUT2D eigenvalue weighted by molar-refractivity contribution is 6.90. The molecule has 3 aromatic rings. The van der Waals surface area contributed by atoms with E-state index in [0.29, 0.717) is 22.7 Å². The molecule has 0 spiro atoms. The van der Waals surface area contributed by atoms with Gasteiger partial charge in [0.15, 0.2) is 0 Å². The molecule has 0 aliphatic heterocycles. The van der Waals surface area contributed by atoms with Gasteiger partial charge in [-0.3, -0.25) is 14.4 Å². The van der Waals surface area contributed by atoms with Crippen molar-refractivity contribution in [2.75, 3.05) is 17.7 Å². The van der Waals surface area contributed by atoms with E-state index in [0.717, 1.165) is 10.8 Å². The summed E-state index contributed by atoms with van der Waals surface area (Å²) in [4.78, 5) is 36.1. The lowest BCUT2D eigenvalue weighted by Gasteiger charge is -2.26. The minimum atomic E-state index is -1.91. The summed E-state index contributed by atoms with van der Waals surface area (Å²) in [6, 6.07) is 12.5. The number of H-pyrrole nitrogens is 1. The van der Waals surface area contributed by atoms with Crippen LogP contribution in [0.2, 0.25) is 19.6 Å². The highest BCUT2D eigenvalue weighted by Gasteiger charge is 2.26. The first-order valence-corrected chi connectivity index (χ1v) is 13.6. The molecule has 8 nitrogen and oxygen atoms in total. The second-order valence-corrected chi connectivity index (χ2v) is 13.5. The van der Waals surface area contributed by atoms with Crippen LogP contribution in [0, 0.1) is 0 Å². The van der Waals surface area contributed by atoms with Gasteiger partial charge in [-0.25, -0.2) is 0 Å². The lowest BCUT2D eigenvalue weighted by Crippen LogP contribution is -2.40. The van der Waals surface area contributed by atoms with E-state index in [1.165, 1.54) is 13.0 Å². The first kappa shape index (κ1) is 23.1. The van der Waals surface area contributed by atoms with Crippen LogP contribution in [-0.2, 0) is 16.0 Å². The molecule has 1 heterocycles. The van der Waals surface area contributed by atoms with E-state index >= 15 is 0 Å². The van der Waals surface area contributed by atoms with Gasteiger partial charge in [0.05, 0.1) is 27.3 Å². The maximum atomic E-state index is 12.9. The van der Waals surface area contributed by atoms with Gasteiger partial charge in [0, 0.05) is 24.2 Å². The summed E-state index contributed by atoms with van der Waals surface area (Å²) < 4.78 is 10.3. The number of methoxy groups -OCH3 is 1. The Kier molecular flexibility index (Phi) is 6.68. The van der Waals surface area contributed by atoms with Crippen molar-refractivity contribution in [2.45, 2.75) is 33.0 Å². The van der Waals surface area contributed by atoms with Crippen LogP contribution in [-0.4, -0.2) is 32.2 Å². The molecule has 0 atom stereocenters. The van der Waals surface area contributed by atoms with Crippen molar-refractivity contribution in [3.8, 4) is 16.9 Å². The zero-order chi connectivity index (χ0) is 23.5. The van der Waals surface area contributed by atoms with Gasteiger partial charge in [0.1, 0.15) is 11.5 Å². The molecule has 3 N–H and O–H groups in total. The first-order chi connectivity index (χ1) is 15.1. The lowest BCUT2D eigenvalue weighted by molar-refractivity contribution is -0.116. The summed E-state index contributed by atoms with van der Waals surface area (Å²) in [7, 11) is -0.317. The fourth-order valence-corrected chi connectivity index (χ4v) is 4.98. The molecule has 0 aliphatic rings. The number of aromatic amines is 1. The molecule has 0 saturated carbocycles. The number of anilines is 2. The molecule has 2 aromatic carbocycles. The van der Waals surface area contributed by atoms with Gasteiger partial charge in [0.25, 0.3) is 5.56 Å². The molecule has 0 bridgehead atoms. The Hall–Kier alpha value is -3.59. The summed E-state index contributed by atoms with van der Waals surface area (Å²) in [6.07, 6.45) is -0.101. The van der Waals surface area contributed by atoms with E-state index in [9.17, 15) is 14.4 Å². The Morgan fingerprint density at radius 1 is 1.06 bits per heavy atom. The van der Waals surface area contributed by atoms with Crippen LogP contribution in [0.4, 0.5) is 11.4 Å². The van der Waals surface area contributed by atoms with Crippen molar-refractivity contribution in [2.24, 2.45) is 0 Å². The Balaban J connectivity index is 2.16. The molecule has 0 aliphatic carbocycles. The van der Waals surface area contributed by atoms with Crippen molar-refractivity contribution >= 4 is 36.4 Å². The molecule has 1 aromatic heterocycles. The van der Waals surface area contributed by atoms with Crippen molar-refractivity contribution in [1.82, 2.24) is 5.16 Å². The number of amides is 2. The minimum absolute atomic E-state index is 0.101. The molecule has 0 saturated heterocycles. The van der Waals surface area contributed by atoms with Crippen LogP contribution in [0.3, 0.4) is 0 Å². The second kappa shape index (κ2) is 9.27. The third-order valence-corrected chi connectivity index (χ3v) is 6.91. The normalized spacial score (nSPS) is 11.2. The molecular weight excluding hydrogens is 426 g/mol. The lowest BCUT2D eigenvalue weighted by atomic mass is 10.0. The van der Waals surface area contributed by atoms with Gasteiger partial charge in [0.2, 0.25) is 11.8 Å². The Morgan fingerprint density at radius 3 is 2.28 bits per heavy atom. The van der Waals surface area contributed by atoms with Gasteiger partial charge in [-0.05, 0) is 28.9 Å². The van der Waals surface area contributed by atoms with Crippen molar-refractivity contribution in [3.05, 3.63) is 58.6 Å². The third-order valence-electron chi connectivity index (χ3n) is 4.88. The highest BCUT2D eigenvalue weighted by Crippen LogP contribution is 2.36. The molecular formula is C23H27N3O5Si. The molecule has 168 valence electrons. The molecule has 0 radical (unpaired) electrons. The van der Waals surface area contributed by atoms with Gasteiger partial charge in [-0.2, -0.15) is 5.16 Å². The smallest absolute Gasteiger partial charge is 0.280 e. The molecule has 0 unspecified atom stereocenters. The van der Waals surface area contributed by atoms with Crippen LogP contribution < -0.4 is 26.1 Å². The Labute approximate surface area is 187 Å². The van der Waals surface area contributed by atoms with Crippen LogP contribution in [0.15, 0.2) is 51.8 Å². The number of carbonyl (C=O) groups is 2. The zero-order valence-corrected chi connectivity index (χ0v) is 19.8. The molecule has 9 heteroatoms. The first-order valence-electron chi connectivity index (χ1n) is 10.1. The number of benzene rings is 2. The number of nitrogens with one attached hydrogen (secondary N) is 3. The van der Waals surface area contributed by atoms with E-state index < -0.39 is 13.6 Å². The van der Waals surface area contributed by atoms with Crippen LogP contribution in [0.25, 0.3) is 11.1 Å². The van der Waals surface area contributed by atoms with E-state index in [2.05, 4.69) is 35.4 Å². The van der Waals surface area contributed by atoms with Crippen molar-refractivity contribution in [3.63, 3.8) is 0 Å². The van der Waals surface area contributed by atoms with Gasteiger partial charge >= 0.3 is 0 Å². The van der Waals surface area contributed by atoms with E-state index in [-0.39, 0.29) is 24.0 Å². The number of rotatable bonds is 7. The van der Waals surface area contributed by atoms with Gasteiger partial charge < -0.3 is 19.9 Å². The standard InChI is InChI=1S/C23H27N3O5Si/c1-14(27)24-18-10-11-19(32(3,4)5)23(22(18)15-6-8-16(30-2)9-7-15)25-20(28)12-17-13-21(29)26-31-17/h6-11,13H,12H2,1-5H3,(H,24,27)(H,25,28)(H,26,29). The average molecular weight is 454 g/mol. The summed E-state index contributed by atoms with van der Waals surface area (Å²) in [6.45, 7) is 7.98. The fourth-order valence-electron chi connectivity index (χ4n) is 3.46. The predicted molar refractivity (Wildman–Crippen MR) is 127 cm³/mol. The number of ether oxygens (including phenoxy) is 1. The summed E-state index contributed by atoms with van der Waals surface area (Å²) in [5, 5.41) is 9.11. The third kappa shape index (κ3) is 5.36. The monoisotopic (exact) mass is 453 g/mol. The largest absolute Gasteiger partial charge is 0.497 e. The molecule has 3 rings (SSSR count). The Bertz CT molecular complexity index is 1190. The van der Waals surface area contributed by atoms with Crippen LogP contribution in [0.1, 0.15) is 12.7 Å². The maximum Gasteiger partial charge on any atom is 0.280 e. The minimum Gasteiger partial charge on any atom is -0.497 e. The summed E-state index contributed by atoms with van der Waals surface area (Å²) >= 11 is 0. The summed E-state index contributed by atoms with van der Waals surface area (Å²) in [5.74, 6) is 0.393. The topological polar surface area (TPSA) is 113 Å². The van der Waals surface area contributed by atoms with Crippen molar-refractivity contribution in [1.29, 1.82) is 0 Å². The van der Waals surface area contributed by atoms with E-state index in [1.807, 2.05) is 36.4 Å². The predicted octanol–water partition coefficient (Wildman–Crippen LogP) is 3.33. The quantitative estimate of drug-likeness (QED) is 0.475. The summed E-state index contributed by atoms with van der Waals surface area (Å²) in [5.41, 5.74) is 2.36. The van der Waals surface area contributed by atoms with Crippen LogP contribution in [0.5, 0.6) is 5.75 Å². The second-order valence-electron chi connectivity index (χ2n) is 8.47. The highest BCUT2D eigenvalue weighted by atomic mass is 28.3.